The Balaban J connectivity index is 2.67. The lowest BCUT2D eigenvalue weighted by molar-refractivity contribution is 0.0690. The van der Waals surface area contributed by atoms with E-state index in [1.54, 1.807) is 6.92 Å². The number of hydrogen-bond donors (Lipinski definition) is 3. The summed E-state index contributed by atoms with van der Waals surface area (Å²) >= 11 is 0. The lowest BCUT2D eigenvalue weighted by Crippen LogP contribution is -2.21. The number of aliphatic hydroxyl groups is 1. The van der Waals surface area contributed by atoms with Gasteiger partial charge in [-0.05, 0) is 13.0 Å². The summed E-state index contributed by atoms with van der Waals surface area (Å²) in [5, 5.41) is 21.9. The van der Waals surface area contributed by atoms with Crippen molar-refractivity contribution in [1.82, 2.24) is 4.98 Å². The molecule has 0 saturated heterocycles. The SMILES string of the molecule is CC(O)c1cc(C(=O)O)nc2c1NCC2(C)C. The molecule has 1 aliphatic rings. The molecule has 5 heteroatoms. The molecule has 0 fully saturated rings. The van der Waals surface area contributed by atoms with Crippen molar-refractivity contribution in [3.63, 3.8) is 0 Å². The Bertz CT molecular complexity index is 481. The Morgan fingerprint density at radius 3 is 2.76 bits per heavy atom. The first-order valence-corrected chi connectivity index (χ1v) is 5.53. The fourth-order valence-electron chi connectivity index (χ4n) is 2.07. The molecule has 0 aliphatic carbocycles. The highest BCUT2D eigenvalue weighted by Gasteiger charge is 2.34. The van der Waals surface area contributed by atoms with Crippen molar-refractivity contribution in [3.05, 3.63) is 23.0 Å². The van der Waals surface area contributed by atoms with Gasteiger partial charge in [-0.25, -0.2) is 9.78 Å². The molecule has 2 heterocycles. The molecule has 1 aromatic heterocycles. The number of hydrogen-bond acceptors (Lipinski definition) is 4. The third-order valence-electron chi connectivity index (χ3n) is 3.07. The van der Waals surface area contributed by atoms with Crippen molar-refractivity contribution >= 4 is 11.7 Å². The number of rotatable bonds is 2. The summed E-state index contributed by atoms with van der Waals surface area (Å²) in [4.78, 5) is 15.2. The van der Waals surface area contributed by atoms with Crippen LogP contribution in [0.15, 0.2) is 6.07 Å². The number of fused-ring (bicyclic) bond motifs is 1. The first-order valence-electron chi connectivity index (χ1n) is 5.53. The van der Waals surface area contributed by atoms with E-state index in [1.165, 1.54) is 6.07 Å². The summed E-state index contributed by atoms with van der Waals surface area (Å²) in [6.07, 6.45) is -0.716. The molecule has 0 saturated carbocycles. The summed E-state index contributed by atoms with van der Waals surface area (Å²) in [5.41, 5.74) is 1.85. The van der Waals surface area contributed by atoms with Crippen LogP contribution in [0.3, 0.4) is 0 Å². The van der Waals surface area contributed by atoms with Gasteiger partial charge >= 0.3 is 5.97 Å². The van der Waals surface area contributed by atoms with Crippen molar-refractivity contribution in [2.45, 2.75) is 32.3 Å². The topological polar surface area (TPSA) is 82.5 Å². The number of aromatic nitrogens is 1. The van der Waals surface area contributed by atoms with E-state index in [0.717, 1.165) is 5.69 Å². The van der Waals surface area contributed by atoms with Gasteiger partial charge in [0.15, 0.2) is 0 Å². The van der Waals surface area contributed by atoms with E-state index in [2.05, 4.69) is 10.3 Å². The lowest BCUT2D eigenvalue weighted by atomic mass is 9.90. The lowest BCUT2D eigenvalue weighted by Gasteiger charge is -2.17. The van der Waals surface area contributed by atoms with E-state index in [1.807, 2.05) is 13.8 Å². The molecule has 2 rings (SSSR count). The van der Waals surface area contributed by atoms with Crippen molar-refractivity contribution in [2.24, 2.45) is 0 Å². The van der Waals surface area contributed by atoms with Crippen molar-refractivity contribution in [2.75, 3.05) is 11.9 Å². The van der Waals surface area contributed by atoms with Gasteiger partial charge in [0.25, 0.3) is 0 Å². The number of pyridine rings is 1. The molecule has 0 bridgehead atoms. The van der Waals surface area contributed by atoms with Crippen LogP contribution >= 0.6 is 0 Å². The van der Waals surface area contributed by atoms with Crippen LogP contribution in [0.5, 0.6) is 0 Å². The van der Waals surface area contributed by atoms with Gasteiger partial charge in [-0.15, -0.1) is 0 Å². The van der Waals surface area contributed by atoms with Crippen molar-refractivity contribution in [3.8, 4) is 0 Å². The molecular formula is C12H16N2O3. The van der Waals surface area contributed by atoms with Crippen LogP contribution in [0, 0.1) is 0 Å². The Kier molecular flexibility index (Phi) is 2.58. The van der Waals surface area contributed by atoms with Crippen LogP contribution in [-0.4, -0.2) is 27.7 Å². The van der Waals surface area contributed by atoms with Crippen molar-refractivity contribution in [1.29, 1.82) is 0 Å². The molecule has 0 spiro atoms. The molecule has 0 aromatic carbocycles. The molecule has 1 unspecified atom stereocenters. The number of anilines is 1. The third-order valence-corrected chi connectivity index (χ3v) is 3.07. The Morgan fingerprint density at radius 2 is 2.24 bits per heavy atom. The zero-order valence-electron chi connectivity index (χ0n) is 10.1. The highest BCUT2D eigenvalue weighted by Crippen LogP contribution is 2.39. The summed E-state index contributed by atoms with van der Waals surface area (Å²) in [5.74, 6) is -1.07. The van der Waals surface area contributed by atoms with Crippen LogP contribution in [-0.2, 0) is 5.41 Å². The molecule has 3 N–H and O–H groups in total. The second-order valence-corrected chi connectivity index (χ2v) is 5.04. The average molecular weight is 236 g/mol. The minimum absolute atomic E-state index is 0.0172. The van der Waals surface area contributed by atoms with Gasteiger partial charge in [0.05, 0.1) is 17.5 Å². The van der Waals surface area contributed by atoms with E-state index < -0.39 is 12.1 Å². The number of aliphatic hydroxyl groups excluding tert-OH is 1. The quantitative estimate of drug-likeness (QED) is 0.725. The van der Waals surface area contributed by atoms with Crippen LogP contribution in [0.1, 0.15) is 48.6 Å². The van der Waals surface area contributed by atoms with Gasteiger partial charge < -0.3 is 15.5 Å². The minimum Gasteiger partial charge on any atom is -0.477 e. The standard InChI is InChI=1S/C12H16N2O3/c1-6(15)7-4-8(11(16)17)14-10-9(7)13-5-12(10,2)3/h4,6,13,15H,5H2,1-3H3,(H,16,17). The number of nitrogens with one attached hydrogen (secondary N) is 1. The van der Waals surface area contributed by atoms with E-state index in [9.17, 15) is 9.90 Å². The minimum atomic E-state index is -1.07. The predicted molar refractivity (Wildman–Crippen MR) is 63.3 cm³/mol. The molecule has 1 aliphatic heterocycles. The number of carboxylic acids is 1. The monoisotopic (exact) mass is 236 g/mol. The summed E-state index contributed by atoms with van der Waals surface area (Å²) in [7, 11) is 0. The highest BCUT2D eigenvalue weighted by molar-refractivity contribution is 5.87. The summed E-state index contributed by atoms with van der Waals surface area (Å²) in [6, 6.07) is 1.43. The first kappa shape index (κ1) is 11.9. The molecule has 1 aromatic rings. The van der Waals surface area contributed by atoms with Crippen LogP contribution in [0.4, 0.5) is 5.69 Å². The maximum absolute atomic E-state index is 11.0. The molecule has 0 amide bonds. The normalized spacial score (nSPS) is 18.4. The van der Waals surface area contributed by atoms with Gasteiger partial charge in [0.2, 0.25) is 0 Å². The fourth-order valence-corrected chi connectivity index (χ4v) is 2.07. The van der Waals surface area contributed by atoms with Gasteiger partial charge in [0.1, 0.15) is 5.69 Å². The Hall–Kier alpha value is -1.62. The van der Waals surface area contributed by atoms with Gasteiger partial charge in [-0.3, -0.25) is 0 Å². The first-order chi connectivity index (χ1) is 7.83. The van der Waals surface area contributed by atoms with E-state index in [-0.39, 0.29) is 11.1 Å². The molecular weight excluding hydrogens is 220 g/mol. The zero-order chi connectivity index (χ0) is 12.8. The molecule has 0 radical (unpaired) electrons. The second-order valence-electron chi connectivity index (χ2n) is 5.04. The maximum Gasteiger partial charge on any atom is 0.354 e. The number of aromatic carboxylic acids is 1. The van der Waals surface area contributed by atoms with E-state index in [0.29, 0.717) is 17.8 Å². The Morgan fingerprint density at radius 1 is 1.59 bits per heavy atom. The number of nitrogens with zero attached hydrogens (tertiary/aromatic N) is 1. The zero-order valence-corrected chi connectivity index (χ0v) is 10.1. The highest BCUT2D eigenvalue weighted by atomic mass is 16.4. The molecule has 1 atom stereocenters. The van der Waals surface area contributed by atoms with Gasteiger partial charge in [-0.2, -0.15) is 0 Å². The molecule has 5 nitrogen and oxygen atoms in total. The summed E-state index contributed by atoms with van der Waals surface area (Å²) in [6.45, 7) is 6.30. The van der Waals surface area contributed by atoms with Crippen LogP contribution in [0.2, 0.25) is 0 Å². The smallest absolute Gasteiger partial charge is 0.354 e. The Labute approximate surface area is 99.5 Å². The van der Waals surface area contributed by atoms with Gasteiger partial charge in [-0.1, -0.05) is 13.8 Å². The number of carboxylic acid groups (broad SMARTS) is 1. The second kappa shape index (κ2) is 3.70. The van der Waals surface area contributed by atoms with E-state index >= 15 is 0 Å². The predicted octanol–water partition coefficient (Wildman–Crippen LogP) is 1.54. The van der Waals surface area contributed by atoms with Crippen molar-refractivity contribution < 1.29 is 15.0 Å². The maximum atomic E-state index is 11.0. The van der Waals surface area contributed by atoms with Crippen LogP contribution < -0.4 is 5.32 Å². The fraction of sp³-hybridized carbons (Fsp3) is 0.500. The number of carbonyl (C=O) groups is 1. The molecule has 17 heavy (non-hydrogen) atoms. The largest absolute Gasteiger partial charge is 0.477 e. The third kappa shape index (κ3) is 1.86. The van der Waals surface area contributed by atoms with Gasteiger partial charge in [0, 0.05) is 17.5 Å². The summed E-state index contributed by atoms with van der Waals surface area (Å²) < 4.78 is 0. The van der Waals surface area contributed by atoms with Crippen LogP contribution in [0.25, 0.3) is 0 Å². The average Bonchev–Trinajstić information content (AvgIpc) is 2.53. The van der Waals surface area contributed by atoms with E-state index in [4.69, 9.17) is 5.11 Å². The molecule has 92 valence electrons.